The highest BCUT2D eigenvalue weighted by Gasteiger charge is 2.31. The van der Waals surface area contributed by atoms with Gasteiger partial charge < -0.3 is 10.2 Å². The molecule has 0 radical (unpaired) electrons. The van der Waals surface area contributed by atoms with Crippen LogP contribution >= 0.6 is 0 Å². The molecule has 0 heterocycles. The van der Waals surface area contributed by atoms with Crippen LogP contribution in [0.25, 0.3) is 0 Å². The summed E-state index contributed by atoms with van der Waals surface area (Å²) in [5.74, 6) is -1.46. The fourth-order valence-electron chi connectivity index (χ4n) is 3.42. The molecule has 0 bridgehead atoms. The molecule has 0 aliphatic carbocycles. The molecular formula is C24H32FN3O4S. The number of rotatable bonds is 11. The van der Waals surface area contributed by atoms with Gasteiger partial charge in [0.05, 0.1) is 11.9 Å². The van der Waals surface area contributed by atoms with E-state index in [0.29, 0.717) is 13.0 Å². The zero-order valence-electron chi connectivity index (χ0n) is 19.5. The third-order valence-electron chi connectivity index (χ3n) is 5.18. The van der Waals surface area contributed by atoms with Gasteiger partial charge in [0, 0.05) is 13.1 Å². The van der Waals surface area contributed by atoms with Crippen molar-refractivity contribution >= 4 is 27.5 Å². The van der Waals surface area contributed by atoms with Crippen LogP contribution in [-0.4, -0.2) is 50.5 Å². The summed E-state index contributed by atoms with van der Waals surface area (Å²) in [5, 5.41) is 2.82. The highest BCUT2D eigenvalue weighted by atomic mass is 32.2. The quantitative estimate of drug-likeness (QED) is 0.538. The van der Waals surface area contributed by atoms with Crippen LogP contribution in [0.2, 0.25) is 0 Å². The molecule has 2 aromatic carbocycles. The van der Waals surface area contributed by atoms with Gasteiger partial charge >= 0.3 is 0 Å². The van der Waals surface area contributed by atoms with E-state index in [-0.39, 0.29) is 18.1 Å². The zero-order chi connectivity index (χ0) is 24.6. The number of sulfonamides is 1. The molecule has 2 amide bonds. The first-order chi connectivity index (χ1) is 15.6. The van der Waals surface area contributed by atoms with Crippen molar-refractivity contribution in [1.82, 2.24) is 10.2 Å². The van der Waals surface area contributed by atoms with E-state index < -0.39 is 34.3 Å². The van der Waals surface area contributed by atoms with Crippen LogP contribution in [0.4, 0.5) is 10.1 Å². The topological polar surface area (TPSA) is 86.8 Å². The number of aryl methyl sites for hydroxylation is 1. The lowest BCUT2D eigenvalue weighted by Gasteiger charge is -2.33. The number of nitrogens with zero attached hydrogens (tertiary/aromatic N) is 2. The number of nitrogens with one attached hydrogen (secondary N) is 1. The van der Waals surface area contributed by atoms with Crippen molar-refractivity contribution in [3.8, 4) is 0 Å². The van der Waals surface area contributed by atoms with Crippen LogP contribution < -0.4 is 9.62 Å². The largest absolute Gasteiger partial charge is 0.354 e. The molecule has 2 aromatic rings. The number of carbonyl (C=O) groups is 2. The summed E-state index contributed by atoms with van der Waals surface area (Å²) in [6, 6.07) is 11.8. The van der Waals surface area contributed by atoms with Crippen LogP contribution in [0.15, 0.2) is 48.5 Å². The van der Waals surface area contributed by atoms with Crippen molar-refractivity contribution in [2.45, 2.75) is 46.2 Å². The Bertz CT molecular complexity index is 1060. The van der Waals surface area contributed by atoms with Gasteiger partial charge in [0.1, 0.15) is 18.4 Å². The molecule has 0 saturated carbocycles. The van der Waals surface area contributed by atoms with Crippen molar-refractivity contribution in [1.29, 1.82) is 0 Å². The molecule has 0 unspecified atom stereocenters. The van der Waals surface area contributed by atoms with Gasteiger partial charge in [0.25, 0.3) is 0 Å². The second-order valence-electron chi connectivity index (χ2n) is 7.97. The zero-order valence-corrected chi connectivity index (χ0v) is 20.4. The Hall–Kier alpha value is -2.94. The lowest BCUT2D eigenvalue weighted by atomic mass is 10.1. The van der Waals surface area contributed by atoms with Gasteiger partial charge in [0.2, 0.25) is 21.8 Å². The molecule has 9 heteroatoms. The van der Waals surface area contributed by atoms with E-state index in [1.807, 2.05) is 38.1 Å². The minimum absolute atomic E-state index is 0.0459. The second-order valence-corrected chi connectivity index (χ2v) is 9.88. The highest BCUT2D eigenvalue weighted by Crippen LogP contribution is 2.20. The van der Waals surface area contributed by atoms with Gasteiger partial charge in [-0.05, 0) is 43.5 Å². The summed E-state index contributed by atoms with van der Waals surface area (Å²) in [7, 11) is -3.89. The van der Waals surface area contributed by atoms with E-state index in [2.05, 4.69) is 5.32 Å². The highest BCUT2D eigenvalue weighted by molar-refractivity contribution is 7.92. The fourth-order valence-corrected chi connectivity index (χ4v) is 4.26. The lowest BCUT2D eigenvalue weighted by molar-refractivity contribution is -0.140. The van der Waals surface area contributed by atoms with E-state index in [0.717, 1.165) is 34.2 Å². The molecule has 0 spiro atoms. The van der Waals surface area contributed by atoms with Crippen LogP contribution in [0.3, 0.4) is 0 Å². The Morgan fingerprint density at radius 1 is 1.09 bits per heavy atom. The predicted octanol–water partition coefficient (Wildman–Crippen LogP) is 3.23. The number of halogens is 1. The van der Waals surface area contributed by atoms with Crippen molar-refractivity contribution in [2.24, 2.45) is 0 Å². The number of carbonyl (C=O) groups excluding carboxylic acids is 2. The fraction of sp³-hybridized carbons (Fsp3) is 0.417. The summed E-state index contributed by atoms with van der Waals surface area (Å²) in [4.78, 5) is 27.7. The maximum atomic E-state index is 13.8. The molecule has 180 valence electrons. The Kier molecular flexibility index (Phi) is 9.40. The second kappa shape index (κ2) is 11.8. The molecule has 1 N–H and O–H groups in total. The van der Waals surface area contributed by atoms with Gasteiger partial charge in [-0.15, -0.1) is 0 Å². The first-order valence-electron chi connectivity index (χ1n) is 10.9. The van der Waals surface area contributed by atoms with E-state index in [4.69, 9.17) is 0 Å². The molecule has 1 atom stereocenters. The molecule has 7 nitrogen and oxygen atoms in total. The number of amides is 2. The third-order valence-corrected chi connectivity index (χ3v) is 6.32. The van der Waals surface area contributed by atoms with E-state index in [9.17, 15) is 22.4 Å². The maximum absolute atomic E-state index is 13.8. The minimum atomic E-state index is -3.89. The van der Waals surface area contributed by atoms with Crippen LogP contribution in [0.1, 0.15) is 37.8 Å². The van der Waals surface area contributed by atoms with E-state index in [1.54, 1.807) is 6.92 Å². The standard InChI is InChI=1S/C24H32FN3O4S/c1-5-14-26-24(30)22(6-2)27(16-19-12-10-18(3)11-13-19)23(29)17-28(33(4,31)32)21-9-7-8-20(25)15-21/h7-13,15,22H,5-6,14,16-17H2,1-4H3,(H,26,30)/t22-/m1/s1. The third kappa shape index (κ3) is 7.56. The van der Waals surface area contributed by atoms with Crippen LogP contribution in [0, 0.1) is 12.7 Å². The average Bonchev–Trinajstić information content (AvgIpc) is 2.76. The Morgan fingerprint density at radius 3 is 2.30 bits per heavy atom. The predicted molar refractivity (Wildman–Crippen MR) is 128 cm³/mol. The number of benzene rings is 2. The number of anilines is 1. The smallest absolute Gasteiger partial charge is 0.244 e. The van der Waals surface area contributed by atoms with Crippen molar-refractivity contribution in [3.63, 3.8) is 0 Å². The van der Waals surface area contributed by atoms with Gasteiger partial charge in [0.15, 0.2) is 0 Å². The molecule has 0 aliphatic rings. The lowest BCUT2D eigenvalue weighted by Crippen LogP contribution is -2.52. The Labute approximate surface area is 195 Å². The van der Waals surface area contributed by atoms with E-state index >= 15 is 0 Å². The van der Waals surface area contributed by atoms with Gasteiger partial charge in [-0.3, -0.25) is 13.9 Å². The summed E-state index contributed by atoms with van der Waals surface area (Å²) in [6.45, 7) is 5.74. The number of hydrogen-bond acceptors (Lipinski definition) is 4. The first kappa shape index (κ1) is 26.3. The SMILES string of the molecule is CCCNC(=O)[C@@H](CC)N(Cc1ccc(C)cc1)C(=O)CN(c1cccc(F)c1)S(C)(=O)=O. The Morgan fingerprint density at radius 2 is 1.76 bits per heavy atom. The molecule has 0 aromatic heterocycles. The van der Waals surface area contributed by atoms with Crippen LogP contribution in [-0.2, 0) is 26.2 Å². The van der Waals surface area contributed by atoms with Crippen LogP contribution in [0.5, 0.6) is 0 Å². The number of hydrogen-bond donors (Lipinski definition) is 1. The molecule has 33 heavy (non-hydrogen) atoms. The van der Waals surface area contributed by atoms with Gasteiger partial charge in [-0.25, -0.2) is 12.8 Å². The molecular weight excluding hydrogens is 445 g/mol. The summed E-state index contributed by atoms with van der Waals surface area (Å²) in [5.41, 5.74) is 1.91. The minimum Gasteiger partial charge on any atom is -0.354 e. The molecule has 0 fully saturated rings. The van der Waals surface area contributed by atoms with Crippen molar-refractivity contribution in [2.75, 3.05) is 23.7 Å². The normalized spacial score (nSPS) is 12.2. The summed E-state index contributed by atoms with van der Waals surface area (Å²) in [6.07, 6.45) is 2.06. The molecule has 2 rings (SSSR count). The molecule has 0 aliphatic heterocycles. The summed E-state index contributed by atoms with van der Waals surface area (Å²) >= 11 is 0. The first-order valence-corrected chi connectivity index (χ1v) is 12.8. The monoisotopic (exact) mass is 477 g/mol. The Balaban J connectivity index is 2.41. The molecule has 0 saturated heterocycles. The van der Waals surface area contributed by atoms with E-state index in [1.165, 1.54) is 23.1 Å². The summed E-state index contributed by atoms with van der Waals surface area (Å²) < 4.78 is 39.6. The van der Waals surface area contributed by atoms with Gasteiger partial charge in [-0.1, -0.05) is 49.7 Å². The maximum Gasteiger partial charge on any atom is 0.244 e. The van der Waals surface area contributed by atoms with Crippen molar-refractivity contribution < 1.29 is 22.4 Å². The average molecular weight is 478 g/mol. The van der Waals surface area contributed by atoms with Crippen molar-refractivity contribution in [3.05, 3.63) is 65.5 Å². The van der Waals surface area contributed by atoms with Gasteiger partial charge in [-0.2, -0.15) is 0 Å².